The van der Waals surface area contributed by atoms with E-state index in [0.29, 0.717) is 19.6 Å². The number of nitrogens with one attached hydrogen (secondary N) is 2. The van der Waals surface area contributed by atoms with Gasteiger partial charge in [0.2, 0.25) is 0 Å². The number of carbonyl (C=O) groups is 2. The van der Waals surface area contributed by atoms with Crippen LogP contribution >= 0.6 is 0 Å². The van der Waals surface area contributed by atoms with E-state index in [2.05, 4.69) is 10.6 Å². The third-order valence-corrected chi connectivity index (χ3v) is 3.22. The van der Waals surface area contributed by atoms with Gasteiger partial charge < -0.3 is 20.5 Å². The van der Waals surface area contributed by atoms with Gasteiger partial charge in [0.15, 0.2) is 0 Å². The summed E-state index contributed by atoms with van der Waals surface area (Å²) in [5.74, 6) is -0.0885. The van der Waals surface area contributed by atoms with E-state index in [0.717, 1.165) is 18.9 Å². The van der Waals surface area contributed by atoms with Gasteiger partial charge in [-0.15, -0.1) is 0 Å². The lowest BCUT2D eigenvalue weighted by Crippen LogP contribution is -2.48. The minimum atomic E-state index is -0.854. The Labute approximate surface area is 120 Å². The molecule has 1 aliphatic rings. The van der Waals surface area contributed by atoms with Crippen LogP contribution in [0.2, 0.25) is 0 Å². The lowest BCUT2D eigenvalue weighted by Gasteiger charge is -2.25. The Kier molecular flexibility index (Phi) is 6.78. The van der Waals surface area contributed by atoms with Crippen molar-refractivity contribution in [2.45, 2.75) is 51.5 Å². The first-order valence-electron chi connectivity index (χ1n) is 7.24. The molecular formula is C14H26N2O4. The number of ether oxygens (including phenoxy) is 1. The second-order valence-corrected chi connectivity index (χ2v) is 6.03. The maximum Gasteiger partial charge on any atom is 0.315 e. The molecule has 0 aliphatic heterocycles. The Morgan fingerprint density at radius 3 is 2.65 bits per heavy atom. The molecule has 0 heterocycles. The summed E-state index contributed by atoms with van der Waals surface area (Å²) >= 11 is 0. The third-order valence-electron chi connectivity index (χ3n) is 3.22. The van der Waals surface area contributed by atoms with Crippen molar-refractivity contribution < 1.29 is 19.4 Å². The Hall–Kier alpha value is -1.30. The van der Waals surface area contributed by atoms with Crippen LogP contribution < -0.4 is 10.6 Å². The summed E-state index contributed by atoms with van der Waals surface area (Å²) in [6.45, 7) is 5.70. The molecular weight excluding hydrogens is 260 g/mol. The van der Waals surface area contributed by atoms with Crippen molar-refractivity contribution in [2.24, 2.45) is 5.92 Å². The topological polar surface area (TPSA) is 87.7 Å². The molecule has 1 rings (SSSR count). The standard InChI is InChI=1S/C14H26N2O4/c1-14(2,7-6-12(17)18)16-13(19)15-8-3-9-20-10-11-4-5-11/h11H,3-10H2,1-2H3,(H,17,18)(H2,15,16,19). The number of hydrogen-bond acceptors (Lipinski definition) is 3. The third kappa shape index (κ3) is 8.74. The fraction of sp³-hybridized carbons (Fsp3) is 0.857. The minimum absolute atomic E-state index is 0.0439. The van der Waals surface area contributed by atoms with Gasteiger partial charge in [0, 0.05) is 31.7 Å². The van der Waals surface area contributed by atoms with Gasteiger partial charge in [0.1, 0.15) is 0 Å². The van der Waals surface area contributed by atoms with Gasteiger partial charge in [-0.2, -0.15) is 0 Å². The molecule has 1 saturated carbocycles. The van der Waals surface area contributed by atoms with Crippen molar-refractivity contribution in [1.29, 1.82) is 0 Å². The quantitative estimate of drug-likeness (QED) is 0.534. The average Bonchev–Trinajstić information content (AvgIpc) is 3.14. The summed E-state index contributed by atoms with van der Waals surface area (Å²) < 4.78 is 5.47. The monoisotopic (exact) mass is 286 g/mol. The summed E-state index contributed by atoms with van der Waals surface area (Å²) in [5, 5.41) is 14.2. The molecule has 0 unspecified atom stereocenters. The van der Waals surface area contributed by atoms with Gasteiger partial charge in [-0.05, 0) is 45.4 Å². The maximum atomic E-state index is 11.6. The lowest BCUT2D eigenvalue weighted by atomic mass is 9.99. The molecule has 1 fully saturated rings. The summed E-state index contributed by atoms with van der Waals surface area (Å²) in [6.07, 6.45) is 3.80. The molecule has 20 heavy (non-hydrogen) atoms. The van der Waals surface area contributed by atoms with Crippen LogP contribution in [0.1, 0.15) is 46.0 Å². The van der Waals surface area contributed by atoms with Crippen molar-refractivity contribution in [3.05, 3.63) is 0 Å². The first-order valence-corrected chi connectivity index (χ1v) is 7.24. The van der Waals surface area contributed by atoms with Gasteiger partial charge in [-0.25, -0.2) is 4.79 Å². The van der Waals surface area contributed by atoms with E-state index >= 15 is 0 Å². The molecule has 6 nitrogen and oxygen atoms in total. The molecule has 1 aliphatic carbocycles. The zero-order valence-electron chi connectivity index (χ0n) is 12.4. The van der Waals surface area contributed by atoms with E-state index in [-0.39, 0.29) is 12.5 Å². The Morgan fingerprint density at radius 1 is 1.35 bits per heavy atom. The molecule has 0 bridgehead atoms. The zero-order chi connectivity index (χ0) is 15.0. The van der Waals surface area contributed by atoms with Gasteiger partial charge >= 0.3 is 12.0 Å². The first-order chi connectivity index (χ1) is 9.39. The van der Waals surface area contributed by atoms with E-state index in [1.165, 1.54) is 12.8 Å². The van der Waals surface area contributed by atoms with Crippen LogP contribution in [-0.2, 0) is 9.53 Å². The molecule has 0 aromatic rings. The molecule has 0 spiro atoms. The van der Waals surface area contributed by atoms with E-state index in [1.54, 1.807) is 0 Å². The summed E-state index contributed by atoms with van der Waals surface area (Å²) in [6, 6.07) is -0.261. The van der Waals surface area contributed by atoms with E-state index in [4.69, 9.17) is 9.84 Å². The van der Waals surface area contributed by atoms with Crippen molar-refractivity contribution >= 4 is 12.0 Å². The van der Waals surface area contributed by atoms with E-state index < -0.39 is 11.5 Å². The second kappa shape index (κ2) is 8.09. The van der Waals surface area contributed by atoms with Crippen LogP contribution in [0.5, 0.6) is 0 Å². The summed E-state index contributed by atoms with van der Waals surface area (Å²) in [7, 11) is 0. The fourth-order valence-corrected chi connectivity index (χ4v) is 1.74. The summed E-state index contributed by atoms with van der Waals surface area (Å²) in [4.78, 5) is 22.2. The summed E-state index contributed by atoms with van der Waals surface area (Å²) in [5.41, 5.74) is -0.523. The Bertz CT molecular complexity index is 327. The number of hydrogen-bond donors (Lipinski definition) is 3. The largest absolute Gasteiger partial charge is 0.481 e. The average molecular weight is 286 g/mol. The highest BCUT2D eigenvalue weighted by Crippen LogP contribution is 2.28. The number of amides is 2. The van der Waals surface area contributed by atoms with Crippen molar-refractivity contribution in [3.63, 3.8) is 0 Å². The molecule has 3 N–H and O–H groups in total. The molecule has 0 radical (unpaired) electrons. The van der Waals surface area contributed by atoms with Gasteiger partial charge in [-0.3, -0.25) is 4.79 Å². The van der Waals surface area contributed by atoms with Gasteiger partial charge in [0.05, 0.1) is 0 Å². The number of carboxylic acid groups (broad SMARTS) is 1. The van der Waals surface area contributed by atoms with E-state index in [1.807, 2.05) is 13.8 Å². The van der Waals surface area contributed by atoms with Crippen molar-refractivity contribution in [3.8, 4) is 0 Å². The van der Waals surface area contributed by atoms with Gasteiger partial charge in [0.25, 0.3) is 0 Å². The maximum absolute atomic E-state index is 11.6. The van der Waals surface area contributed by atoms with Crippen LogP contribution in [0, 0.1) is 5.92 Å². The number of rotatable bonds is 10. The van der Waals surface area contributed by atoms with Crippen molar-refractivity contribution in [1.82, 2.24) is 10.6 Å². The minimum Gasteiger partial charge on any atom is -0.481 e. The fourth-order valence-electron chi connectivity index (χ4n) is 1.74. The molecule has 116 valence electrons. The van der Waals surface area contributed by atoms with Crippen LogP contribution in [0.15, 0.2) is 0 Å². The highest BCUT2D eigenvalue weighted by atomic mass is 16.5. The molecule has 0 aromatic carbocycles. The number of aliphatic carboxylic acids is 1. The molecule has 0 aromatic heterocycles. The van der Waals surface area contributed by atoms with Crippen LogP contribution in [0.3, 0.4) is 0 Å². The molecule has 0 saturated heterocycles. The van der Waals surface area contributed by atoms with Crippen LogP contribution in [-0.4, -0.2) is 42.4 Å². The van der Waals surface area contributed by atoms with Gasteiger partial charge in [-0.1, -0.05) is 0 Å². The van der Waals surface area contributed by atoms with Crippen LogP contribution in [0.4, 0.5) is 4.79 Å². The second-order valence-electron chi connectivity index (χ2n) is 6.03. The number of urea groups is 1. The number of carboxylic acids is 1. The highest BCUT2D eigenvalue weighted by molar-refractivity contribution is 5.74. The molecule has 6 heteroatoms. The number of carbonyl (C=O) groups excluding carboxylic acids is 1. The Morgan fingerprint density at radius 2 is 2.05 bits per heavy atom. The van der Waals surface area contributed by atoms with E-state index in [9.17, 15) is 9.59 Å². The Balaban J connectivity index is 2.01. The molecule has 2 amide bonds. The SMILES string of the molecule is CC(C)(CCC(=O)O)NC(=O)NCCCOCC1CC1. The smallest absolute Gasteiger partial charge is 0.315 e. The highest BCUT2D eigenvalue weighted by Gasteiger charge is 2.22. The predicted octanol–water partition coefficient (Wildman–Crippen LogP) is 1.75. The first kappa shape index (κ1) is 16.8. The predicted molar refractivity (Wildman–Crippen MR) is 75.6 cm³/mol. The lowest BCUT2D eigenvalue weighted by molar-refractivity contribution is -0.137. The van der Waals surface area contributed by atoms with Crippen LogP contribution in [0.25, 0.3) is 0 Å². The molecule has 0 atom stereocenters. The zero-order valence-corrected chi connectivity index (χ0v) is 12.4. The van der Waals surface area contributed by atoms with Crippen molar-refractivity contribution in [2.75, 3.05) is 19.8 Å². The normalized spacial score (nSPS) is 14.9.